The zero-order valence-corrected chi connectivity index (χ0v) is 9.58. The van der Waals surface area contributed by atoms with Gasteiger partial charge in [0.2, 0.25) is 18.3 Å². The first kappa shape index (κ1) is 11.3. The molecule has 6 heteroatoms. The van der Waals surface area contributed by atoms with Gasteiger partial charge < -0.3 is 19.0 Å². The van der Waals surface area contributed by atoms with E-state index in [1.165, 1.54) is 18.2 Å². The van der Waals surface area contributed by atoms with Gasteiger partial charge in [-0.3, -0.25) is 4.79 Å². The van der Waals surface area contributed by atoms with Crippen molar-refractivity contribution in [1.82, 2.24) is 0 Å². The summed E-state index contributed by atoms with van der Waals surface area (Å²) < 4.78 is 15.3. The van der Waals surface area contributed by atoms with E-state index in [2.05, 4.69) is 0 Å². The first-order valence-electron chi connectivity index (χ1n) is 5.42. The molecule has 1 aromatic heterocycles. The van der Waals surface area contributed by atoms with Crippen molar-refractivity contribution in [2.24, 2.45) is 0 Å². The van der Waals surface area contributed by atoms with Gasteiger partial charge in [0.1, 0.15) is 0 Å². The van der Waals surface area contributed by atoms with Crippen LogP contribution < -0.4 is 9.47 Å². The Balaban J connectivity index is 1.92. The van der Waals surface area contributed by atoms with Crippen LogP contribution in [0.25, 0.3) is 0 Å². The lowest BCUT2D eigenvalue weighted by Crippen LogP contribution is -2.00. The summed E-state index contributed by atoms with van der Waals surface area (Å²) >= 11 is 0. The van der Waals surface area contributed by atoms with Crippen LogP contribution in [0.2, 0.25) is 0 Å². The largest absolute Gasteiger partial charge is 0.475 e. The van der Waals surface area contributed by atoms with E-state index in [9.17, 15) is 9.59 Å². The minimum Gasteiger partial charge on any atom is -0.475 e. The lowest BCUT2D eigenvalue weighted by Gasteiger charge is -2.00. The molecule has 3 rings (SSSR count). The minimum absolute atomic E-state index is 0.0312. The van der Waals surface area contributed by atoms with Crippen molar-refractivity contribution in [3.8, 4) is 11.5 Å². The van der Waals surface area contributed by atoms with Gasteiger partial charge in [-0.2, -0.15) is 0 Å². The van der Waals surface area contributed by atoms with E-state index in [4.69, 9.17) is 19.0 Å². The summed E-state index contributed by atoms with van der Waals surface area (Å²) in [6, 6.07) is 7.29. The monoisotopic (exact) mass is 260 g/mol. The number of rotatable bonds is 3. The third-order valence-electron chi connectivity index (χ3n) is 2.68. The van der Waals surface area contributed by atoms with Gasteiger partial charge in [0.05, 0.1) is 0 Å². The number of hydrogen-bond acceptors (Lipinski definition) is 5. The summed E-state index contributed by atoms with van der Waals surface area (Å²) in [7, 11) is 0. The molecule has 0 unspecified atom stereocenters. The molecule has 96 valence electrons. The molecule has 1 aromatic carbocycles. The third kappa shape index (κ3) is 1.93. The summed E-state index contributed by atoms with van der Waals surface area (Å²) in [5.41, 5.74) is 0.343. The fraction of sp³-hybridized carbons (Fsp3) is 0.0769. The smallest absolute Gasteiger partial charge is 0.371 e. The average Bonchev–Trinajstić information content (AvgIpc) is 3.06. The maximum absolute atomic E-state index is 12.1. The summed E-state index contributed by atoms with van der Waals surface area (Å²) in [6.45, 7) is 0.122. The first-order chi connectivity index (χ1) is 9.15. The van der Waals surface area contributed by atoms with Gasteiger partial charge in [0.25, 0.3) is 0 Å². The Kier molecular flexibility index (Phi) is 2.49. The van der Waals surface area contributed by atoms with Crippen molar-refractivity contribution in [2.75, 3.05) is 6.79 Å². The van der Waals surface area contributed by atoms with E-state index in [0.717, 1.165) is 0 Å². The molecule has 0 radical (unpaired) electrons. The van der Waals surface area contributed by atoms with E-state index in [0.29, 0.717) is 17.1 Å². The summed E-state index contributed by atoms with van der Waals surface area (Å²) in [5, 5.41) is 8.74. The summed E-state index contributed by atoms with van der Waals surface area (Å²) in [5.74, 6) is -0.881. The fourth-order valence-electron chi connectivity index (χ4n) is 1.75. The number of carboxylic acid groups (broad SMARTS) is 1. The van der Waals surface area contributed by atoms with Crippen molar-refractivity contribution in [3.63, 3.8) is 0 Å². The lowest BCUT2D eigenvalue weighted by molar-refractivity contribution is 0.0660. The van der Waals surface area contributed by atoms with E-state index >= 15 is 0 Å². The van der Waals surface area contributed by atoms with Crippen molar-refractivity contribution < 1.29 is 28.6 Å². The molecule has 19 heavy (non-hydrogen) atoms. The molecule has 0 saturated carbocycles. The summed E-state index contributed by atoms with van der Waals surface area (Å²) in [4.78, 5) is 22.8. The second kappa shape index (κ2) is 4.16. The predicted octanol–water partition coefficient (Wildman–Crippen LogP) is 1.94. The Morgan fingerprint density at radius 1 is 1.00 bits per heavy atom. The van der Waals surface area contributed by atoms with Crippen LogP contribution in [0.5, 0.6) is 11.5 Å². The number of carbonyl (C=O) groups excluding carboxylic acids is 1. The molecule has 0 fully saturated rings. The second-order valence-corrected chi connectivity index (χ2v) is 3.87. The Hall–Kier alpha value is -2.76. The highest BCUT2D eigenvalue weighted by molar-refractivity contribution is 6.08. The van der Waals surface area contributed by atoms with Crippen LogP contribution in [-0.4, -0.2) is 23.7 Å². The number of ketones is 1. The topological polar surface area (TPSA) is 86.0 Å². The number of aromatic carboxylic acids is 1. The molecule has 0 atom stereocenters. The second-order valence-electron chi connectivity index (χ2n) is 3.87. The highest BCUT2D eigenvalue weighted by Crippen LogP contribution is 2.33. The third-order valence-corrected chi connectivity index (χ3v) is 2.68. The van der Waals surface area contributed by atoms with Crippen LogP contribution in [0.4, 0.5) is 0 Å². The SMILES string of the molecule is O=C(O)c1ccc(C(=O)c2ccc3c(c2)OCO3)o1. The molecular weight excluding hydrogens is 252 g/mol. The molecule has 0 amide bonds. The van der Waals surface area contributed by atoms with Crippen molar-refractivity contribution in [2.45, 2.75) is 0 Å². The fourth-order valence-corrected chi connectivity index (χ4v) is 1.75. The zero-order chi connectivity index (χ0) is 13.4. The zero-order valence-electron chi connectivity index (χ0n) is 9.58. The Bertz CT molecular complexity index is 670. The minimum atomic E-state index is -1.22. The molecule has 0 saturated heterocycles. The van der Waals surface area contributed by atoms with Gasteiger partial charge in [0.15, 0.2) is 17.3 Å². The molecule has 0 spiro atoms. The molecule has 1 aliphatic heterocycles. The Morgan fingerprint density at radius 3 is 2.47 bits per heavy atom. The number of ether oxygens (including phenoxy) is 2. The highest BCUT2D eigenvalue weighted by atomic mass is 16.7. The standard InChI is InChI=1S/C13H8O6/c14-12(9-3-4-10(19-9)13(15)16)7-1-2-8-11(5-7)18-6-17-8/h1-5H,6H2,(H,15,16). The quantitative estimate of drug-likeness (QED) is 0.848. The van der Waals surface area contributed by atoms with Crippen LogP contribution >= 0.6 is 0 Å². The van der Waals surface area contributed by atoms with Crippen LogP contribution in [0, 0.1) is 0 Å². The highest BCUT2D eigenvalue weighted by Gasteiger charge is 2.20. The maximum Gasteiger partial charge on any atom is 0.371 e. The normalized spacial score (nSPS) is 12.4. The molecule has 2 heterocycles. The number of fused-ring (bicyclic) bond motifs is 1. The Morgan fingerprint density at radius 2 is 1.74 bits per heavy atom. The van der Waals surface area contributed by atoms with E-state index in [1.807, 2.05) is 0 Å². The van der Waals surface area contributed by atoms with Crippen molar-refractivity contribution in [3.05, 3.63) is 47.4 Å². The number of carbonyl (C=O) groups is 2. The van der Waals surface area contributed by atoms with Crippen LogP contribution in [0.3, 0.4) is 0 Å². The van der Waals surface area contributed by atoms with Crippen LogP contribution in [0.15, 0.2) is 34.7 Å². The number of carboxylic acids is 1. The number of furan rings is 1. The van der Waals surface area contributed by atoms with Gasteiger partial charge in [0, 0.05) is 5.56 Å². The van der Waals surface area contributed by atoms with Crippen LogP contribution in [0.1, 0.15) is 26.7 Å². The van der Waals surface area contributed by atoms with Gasteiger partial charge in [-0.05, 0) is 30.3 Å². The van der Waals surface area contributed by atoms with Gasteiger partial charge in [-0.1, -0.05) is 0 Å². The maximum atomic E-state index is 12.1. The molecule has 2 aromatic rings. The number of benzene rings is 1. The predicted molar refractivity (Wildman–Crippen MR) is 61.7 cm³/mol. The average molecular weight is 260 g/mol. The van der Waals surface area contributed by atoms with Gasteiger partial charge in [-0.25, -0.2) is 4.79 Å². The van der Waals surface area contributed by atoms with Crippen molar-refractivity contribution in [1.29, 1.82) is 0 Å². The van der Waals surface area contributed by atoms with Gasteiger partial charge >= 0.3 is 5.97 Å². The van der Waals surface area contributed by atoms with E-state index in [1.54, 1.807) is 12.1 Å². The van der Waals surface area contributed by atoms with Gasteiger partial charge in [-0.15, -0.1) is 0 Å². The van der Waals surface area contributed by atoms with Crippen LogP contribution in [-0.2, 0) is 0 Å². The van der Waals surface area contributed by atoms with E-state index < -0.39 is 11.8 Å². The number of hydrogen-bond donors (Lipinski definition) is 1. The molecule has 0 bridgehead atoms. The molecule has 6 nitrogen and oxygen atoms in total. The first-order valence-corrected chi connectivity index (χ1v) is 5.42. The van der Waals surface area contributed by atoms with Crippen molar-refractivity contribution >= 4 is 11.8 Å². The molecule has 1 N–H and O–H groups in total. The summed E-state index contributed by atoms with van der Waals surface area (Å²) in [6.07, 6.45) is 0. The lowest BCUT2D eigenvalue weighted by atomic mass is 10.1. The molecular formula is C13H8O6. The molecule has 1 aliphatic rings. The Labute approximate surface area is 107 Å². The van der Waals surface area contributed by atoms with E-state index in [-0.39, 0.29) is 18.3 Å². The molecule has 0 aliphatic carbocycles.